The number of benzene rings is 11. The molecular formula is C68H48S. The van der Waals surface area contributed by atoms with E-state index in [2.05, 4.69) is 269 Å². The van der Waals surface area contributed by atoms with Gasteiger partial charge in [0.15, 0.2) is 0 Å². The molecule has 326 valence electrons. The lowest BCUT2D eigenvalue weighted by Gasteiger charge is -2.20. The molecule has 11 aromatic carbocycles. The van der Waals surface area contributed by atoms with Crippen molar-refractivity contribution in [3.8, 4) is 65.4 Å². The molecule has 0 amide bonds. The van der Waals surface area contributed by atoms with Crippen molar-refractivity contribution in [2.75, 3.05) is 0 Å². The Morgan fingerprint density at radius 1 is 0.275 bits per heavy atom. The summed E-state index contributed by atoms with van der Waals surface area (Å²) in [5, 5.41) is 9.90. The van der Waals surface area contributed by atoms with Gasteiger partial charge >= 0.3 is 0 Å². The first-order valence-electron chi connectivity index (χ1n) is 23.8. The van der Waals surface area contributed by atoms with E-state index in [0.29, 0.717) is 0 Å². The minimum absolute atomic E-state index is 1.19. The number of hydrogen-bond donors (Lipinski definition) is 0. The smallest absolute Gasteiger partial charge is 0.0349 e. The lowest BCUT2D eigenvalue weighted by Crippen LogP contribution is -1.93. The third-order valence-electron chi connectivity index (χ3n) is 13.8. The summed E-state index contributed by atoms with van der Waals surface area (Å²) in [6, 6.07) is 89.6. The van der Waals surface area contributed by atoms with Gasteiger partial charge < -0.3 is 0 Å². The van der Waals surface area contributed by atoms with Crippen LogP contribution in [0.1, 0.15) is 25.0 Å². The molecule has 0 aliphatic rings. The van der Waals surface area contributed by atoms with Crippen molar-refractivity contribution in [2.45, 2.75) is 13.8 Å². The fraction of sp³-hybridized carbons (Fsp3) is 0.0294. The second kappa shape index (κ2) is 18.0. The molecule has 12 aromatic rings. The molecule has 1 aromatic heterocycles. The van der Waals surface area contributed by atoms with Crippen LogP contribution in [0.3, 0.4) is 0 Å². The maximum atomic E-state index is 2.44. The standard InChI is InChI=1S/C68H48S/c1-45(47-13-5-3-6-14-47)21-22-46(2)48-23-25-51(26-24-48)57-35-37-61-63(43-57)67(59-33-29-49-15-9-11-19-55(49)41-59)62-38-36-58(44-64(62)68(61)60-34-30-50-16-10-12-20-56(50)42-60)52-27-31-54(32-28-52)66-40-39-65(69-66)53-17-7-4-8-18-53/h3-44H,1-2H3/b45-21+,46-22+. The van der Waals surface area contributed by atoms with Gasteiger partial charge in [0, 0.05) is 9.75 Å². The van der Waals surface area contributed by atoms with Crippen LogP contribution in [0.25, 0.3) is 120 Å². The van der Waals surface area contributed by atoms with Gasteiger partial charge in [-0.05, 0) is 171 Å². The van der Waals surface area contributed by atoms with E-state index in [1.54, 1.807) is 0 Å². The van der Waals surface area contributed by atoms with Gasteiger partial charge in [0.25, 0.3) is 0 Å². The molecule has 69 heavy (non-hydrogen) atoms. The van der Waals surface area contributed by atoms with Crippen LogP contribution >= 0.6 is 11.3 Å². The Balaban J connectivity index is 1.02. The molecular weight excluding hydrogens is 849 g/mol. The fourth-order valence-electron chi connectivity index (χ4n) is 10.0. The zero-order chi connectivity index (χ0) is 46.3. The molecule has 1 heteroatoms. The van der Waals surface area contributed by atoms with Gasteiger partial charge in [0.2, 0.25) is 0 Å². The number of allylic oxidation sites excluding steroid dienone is 4. The SMILES string of the molecule is C/C(=C\C=C(/C)c1ccc(-c2ccc3c(-c4ccc5ccccc5c4)c4cc(-c5ccc(-c6ccc(-c7ccccc7)s6)cc5)ccc4c(-c4ccc5ccccc5c4)c3c2)cc1)c1ccccc1. The highest BCUT2D eigenvalue weighted by molar-refractivity contribution is 7.18. The average Bonchev–Trinajstić information content (AvgIpc) is 3.92. The monoisotopic (exact) mass is 896 g/mol. The molecule has 1 heterocycles. The molecule has 0 aliphatic heterocycles. The molecule has 0 nitrogen and oxygen atoms in total. The van der Waals surface area contributed by atoms with Gasteiger partial charge in [-0.15, -0.1) is 11.3 Å². The van der Waals surface area contributed by atoms with Crippen molar-refractivity contribution in [3.63, 3.8) is 0 Å². The quantitative estimate of drug-likeness (QED) is 0.100. The van der Waals surface area contributed by atoms with Crippen LogP contribution in [0.5, 0.6) is 0 Å². The Morgan fingerprint density at radius 3 is 1.16 bits per heavy atom. The van der Waals surface area contributed by atoms with Gasteiger partial charge in [-0.25, -0.2) is 0 Å². The molecule has 0 unspecified atom stereocenters. The Labute approximate surface area is 408 Å². The highest BCUT2D eigenvalue weighted by atomic mass is 32.1. The highest BCUT2D eigenvalue weighted by Crippen LogP contribution is 2.47. The Hall–Kier alpha value is -8.36. The zero-order valence-corrected chi connectivity index (χ0v) is 39.5. The van der Waals surface area contributed by atoms with E-state index in [4.69, 9.17) is 0 Å². The summed E-state index contributed by atoms with van der Waals surface area (Å²) >= 11 is 1.84. The van der Waals surface area contributed by atoms with E-state index in [0.717, 1.165) is 0 Å². The van der Waals surface area contributed by atoms with Crippen LogP contribution in [0.2, 0.25) is 0 Å². The van der Waals surface area contributed by atoms with Crippen LogP contribution in [0.4, 0.5) is 0 Å². The minimum atomic E-state index is 1.19. The Bertz CT molecular complexity index is 3920. The third-order valence-corrected chi connectivity index (χ3v) is 15.0. The fourth-order valence-corrected chi connectivity index (χ4v) is 11.1. The van der Waals surface area contributed by atoms with E-state index in [1.165, 1.54) is 131 Å². The summed E-state index contributed by atoms with van der Waals surface area (Å²) in [4.78, 5) is 2.55. The number of rotatable bonds is 9. The second-order valence-electron chi connectivity index (χ2n) is 18.1. The lowest BCUT2D eigenvalue weighted by atomic mass is 9.83. The normalized spacial score (nSPS) is 12.1. The van der Waals surface area contributed by atoms with Gasteiger partial charge in [-0.1, -0.05) is 218 Å². The number of fused-ring (bicyclic) bond motifs is 4. The Kier molecular flexibility index (Phi) is 11.0. The van der Waals surface area contributed by atoms with Crippen molar-refractivity contribution in [2.24, 2.45) is 0 Å². The first kappa shape index (κ1) is 42.0. The highest BCUT2D eigenvalue weighted by Gasteiger charge is 2.20. The largest absolute Gasteiger partial charge is 0.135 e. The van der Waals surface area contributed by atoms with E-state index in [9.17, 15) is 0 Å². The summed E-state index contributed by atoms with van der Waals surface area (Å²) in [6.45, 7) is 4.37. The van der Waals surface area contributed by atoms with E-state index >= 15 is 0 Å². The van der Waals surface area contributed by atoms with Crippen LogP contribution in [0, 0.1) is 0 Å². The molecule has 0 N–H and O–H groups in total. The summed E-state index contributed by atoms with van der Waals surface area (Å²) in [5.74, 6) is 0. The second-order valence-corrected chi connectivity index (χ2v) is 19.2. The third kappa shape index (κ3) is 8.18. The molecule has 0 radical (unpaired) electrons. The van der Waals surface area contributed by atoms with E-state index in [1.807, 2.05) is 11.3 Å². The zero-order valence-electron chi connectivity index (χ0n) is 38.7. The van der Waals surface area contributed by atoms with Crippen LogP contribution in [-0.2, 0) is 0 Å². The summed E-state index contributed by atoms with van der Waals surface area (Å²) in [6.07, 6.45) is 4.45. The van der Waals surface area contributed by atoms with E-state index < -0.39 is 0 Å². The van der Waals surface area contributed by atoms with Crippen molar-refractivity contribution in [3.05, 3.63) is 266 Å². The summed E-state index contributed by atoms with van der Waals surface area (Å²) < 4.78 is 0. The van der Waals surface area contributed by atoms with Gasteiger partial charge in [-0.3, -0.25) is 0 Å². The molecule has 0 atom stereocenters. The van der Waals surface area contributed by atoms with Gasteiger partial charge in [-0.2, -0.15) is 0 Å². The lowest BCUT2D eigenvalue weighted by molar-refractivity contribution is 1.54. The molecule has 0 bridgehead atoms. The molecule has 0 saturated heterocycles. The predicted octanol–water partition coefficient (Wildman–Crippen LogP) is 19.9. The van der Waals surface area contributed by atoms with E-state index in [-0.39, 0.29) is 0 Å². The minimum Gasteiger partial charge on any atom is -0.135 e. The van der Waals surface area contributed by atoms with Crippen LogP contribution < -0.4 is 0 Å². The Morgan fingerprint density at radius 2 is 0.652 bits per heavy atom. The summed E-state index contributed by atoms with van der Waals surface area (Å²) in [7, 11) is 0. The maximum Gasteiger partial charge on any atom is 0.0349 e. The van der Waals surface area contributed by atoms with Crippen LogP contribution in [-0.4, -0.2) is 0 Å². The topological polar surface area (TPSA) is 0 Å². The van der Waals surface area contributed by atoms with Crippen molar-refractivity contribution < 1.29 is 0 Å². The molecule has 0 saturated carbocycles. The average molecular weight is 897 g/mol. The van der Waals surface area contributed by atoms with Crippen molar-refractivity contribution in [1.29, 1.82) is 0 Å². The van der Waals surface area contributed by atoms with Gasteiger partial charge in [0.1, 0.15) is 0 Å². The molecule has 0 aliphatic carbocycles. The molecule has 0 spiro atoms. The predicted molar refractivity (Wildman–Crippen MR) is 301 cm³/mol. The summed E-state index contributed by atoms with van der Waals surface area (Å²) in [5.41, 5.74) is 17.1. The van der Waals surface area contributed by atoms with Crippen molar-refractivity contribution >= 4 is 65.6 Å². The van der Waals surface area contributed by atoms with Gasteiger partial charge in [0.05, 0.1) is 0 Å². The number of thiophene rings is 1. The molecule has 12 rings (SSSR count). The van der Waals surface area contributed by atoms with Crippen molar-refractivity contribution in [1.82, 2.24) is 0 Å². The number of hydrogen-bond acceptors (Lipinski definition) is 1. The first-order valence-corrected chi connectivity index (χ1v) is 24.6. The first-order chi connectivity index (χ1) is 34.0. The van der Waals surface area contributed by atoms with Crippen LogP contribution in [0.15, 0.2) is 255 Å². The maximum absolute atomic E-state index is 2.44. The molecule has 0 fully saturated rings.